The lowest BCUT2D eigenvalue weighted by Gasteiger charge is -2.21. The molecule has 2 amide bonds. The van der Waals surface area contributed by atoms with Gasteiger partial charge in [0.25, 0.3) is 0 Å². The van der Waals surface area contributed by atoms with Crippen LogP contribution in [0, 0.1) is 5.92 Å². The number of amides is 2. The van der Waals surface area contributed by atoms with E-state index in [4.69, 9.17) is 0 Å². The normalized spacial score (nSPS) is 21.4. The molecule has 1 aromatic carbocycles. The zero-order chi connectivity index (χ0) is 22.5. The van der Waals surface area contributed by atoms with Crippen molar-refractivity contribution >= 4 is 40.9 Å². The molecule has 2 aliphatic rings. The van der Waals surface area contributed by atoms with Gasteiger partial charge in [-0.15, -0.1) is 11.8 Å². The number of nitrogens with zero attached hydrogens (tertiary/aromatic N) is 2. The van der Waals surface area contributed by atoms with Crippen molar-refractivity contribution in [2.75, 3.05) is 29.1 Å². The predicted molar refractivity (Wildman–Crippen MR) is 122 cm³/mol. The largest absolute Gasteiger partial charge is 0.481 e. The van der Waals surface area contributed by atoms with Crippen LogP contribution in [0.3, 0.4) is 0 Å². The summed E-state index contributed by atoms with van der Waals surface area (Å²) in [5.74, 6) is -1.01. The van der Waals surface area contributed by atoms with Crippen LogP contribution in [-0.2, 0) is 14.4 Å². The van der Waals surface area contributed by atoms with Gasteiger partial charge in [-0.3, -0.25) is 24.7 Å². The number of pyridine rings is 1. The zero-order valence-electron chi connectivity index (χ0n) is 17.4. The molecule has 4 N–H and O–H groups in total. The zero-order valence-corrected chi connectivity index (χ0v) is 18.2. The smallest absolute Gasteiger partial charge is 0.305 e. The van der Waals surface area contributed by atoms with Crippen LogP contribution in [0.1, 0.15) is 24.4 Å². The third-order valence-corrected chi connectivity index (χ3v) is 6.51. The number of aliphatic carboxylic acids is 1. The Morgan fingerprint density at radius 1 is 1.31 bits per heavy atom. The van der Waals surface area contributed by atoms with Gasteiger partial charge in [-0.25, -0.2) is 0 Å². The summed E-state index contributed by atoms with van der Waals surface area (Å²) in [5, 5.41) is 18.8. The standard InChI is InChI=1S/C22H25N5O4S/c28-19-9-15(21(31)26-18(11-20(29)30)14-3-2-6-23-12-14)13-27(19)17-5-1-4-16(10-17)25-22-24-7-8-32-22/h1-6,10,12,15,18,22,24-25H,7-9,11,13H2,(H,26,31)(H,29,30). The summed E-state index contributed by atoms with van der Waals surface area (Å²) in [6, 6.07) is 10.3. The summed E-state index contributed by atoms with van der Waals surface area (Å²) in [4.78, 5) is 42.5. The first kappa shape index (κ1) is 22.1. The van der Waals surface area contributed by atoms with Crippen molar-refractivity contribution in [3.05, 3.63) is 54.4 Å². The molecule has 4 rings (SSSR count). The van der Waals surface area contributed by atoms with E-state index in [9.17, 15) is 19.5 Å². The summed E-state index contributed by atoms with van der Waals surface area (Å²) in [5.41, 5.74) is 2.37. The molecule has 10 heteroatoms. The van der Waals surface area contributed by atoms with Crippen LogP contribution in [0.2, 0.25) is 0 Å². The number of carboxylic acids is 1. The van der Waals surface area contributed by atoms with E-state index in [2.05, 4.69) is 20.9 Å². The number of aromatic nitrogens is 1. The molecule has 1 aromatic heterocycles. The van der Waals surface area contributed by atoms with Gasteiger partial charge in [-0.2, -0.15) is 0 Å². The summed E-state index contributed by atoms with van der Waals surface area (Å²) >= 11 is 1.79. The average molecular weight is 456 g/mol. The van der Waals surface area contributed by atoms with Crippen LogP contribution in [0.15, 0.2) is 48.8 Å². The van der Waals surface area contributed by atoms with E-state index in [0.29, 0.717) is 5.56 Å². The van der Waals surface area contributed by atoms with Crippen molar-refractivity contribution in [2.24, 2.45) is 5.92 Å². The van der Waals surface area contributed by atoms with Crippen LogP contribution in [-0.4, -0.2) is 52.2 Å². The number of hydrogen-bond donors (Lipinski definition) is 4. The number of rotatable bonds is 8. The van der Waals surface area contributed by atoms with Crippen molar-refractivity contribution in [2.45, 2.75) is 24.4 Å². The lowest BCUT2D eigenvalue weighted by Crippen LogP contribution is -2.36. The minimum absolute atomic E-state index is 0.0797. The van der Waals surface area contributed by atoms with Crippen LogP contribution in [0.5, 0.6) is 0 Å². The van der Waals surface area contributed by atoms with Gasteiger partial charge in [-0.05, 0) is 29.8 Å². The Balaban J connectivity index is 1.42. The maximum atomic E-state index is 12.9. The molecule has 0 saturated carbocycles. The van der Waals surface area contributed by atoms with Crippen molar-refractivity contribution in [3.8, 4) is 0 Å². The molecule has 3 unspecified atom stereocenters. The number of benzene rings is 1. The number of anilines is 2. The molecular formula is C22H25N5O4S. The summed E-state index contributed by atoms with van der Waals surface area (Å²) < 4.78 is 0. The van der Waals surface area contributed by atoms with Crippen LogP contribution in [0.4, 0.5) is 11.4 Å². The van der Waals surface area contributed by atoms with Gasteiger partial charge in [0, 0.05) is 49.0 Å². The maximum Gasteiger partial charge on any atom is 0.305 e. The van der Waals surface area contributed by atoms with Crippen LogP contribution in [0.25, 0.3) is 0 Å². The van der Waals surface area contributed by atoms with E-state index in [1.807, 2.05) is 24.3 Å². The fraction of sp³-hybridized carbons (Fsp3) is 0.364. The highest BCUT2D eigenvalue weighted by Crippen LogP contribution is 2.29. The Morgan fingerprint density at radius 2 is 2.19 bits per heavy atom. The van der Waals surface area contributed by atoms with Crippen LogP contribution < -0.4 is 20.9 Å². The van der Waals surface area contributed by atoms with Gasteiger partial charge in [0.15, 0.2) is 0 Å². The Hall–Kier alpha value is -3.11. The number of carbonyl (C=O) groups is 3. The van der Waals surface area contributed by atoms with E-state index in [1.165, 1.54) is 6.20 Å². The second-order valence-corrected chi connectivity index (χ2v) is 8.96. The Kier molecular flexibility index (Phi) is 6.91. The van der Waals surface area contributed by atoms with Crippen molar-refractivity contribution in [1.29, 1.82) is 0 Å². The first-order valence-electron chi connectivity index (χ1n) is 10.4. The molecule has 3 atom stereocenters. The fourth-order valence-electron chi connectivity index (χ4n) is 3.86. The van der Waals surface area contributed by atoms with E-state index in [1.54, 1.807) is 35.0 Å². The highest BCUT2D eigenvalue weighted by Gasteiger charge is 2.36. The molecule has 2 saturated heterocycles. The molecule has 2 aromatic rings. The molecule has 3 heterocycles. The SMILES string of the molecule is O=C(O)CC(NC(=O)C1CC(=O)N(c2cccc(NC3NCCS3)c2)C1)c1cccnc1. The van der Waals surface area contributed by atoms with Crippen LogP contribution >= 0.6 is 11.8 Å². The molecule has 2 aliphatic heterocycles. The monoisotopic (exact) mass is 455 g/mol. The number of carboxylic acid groups (broad SMARTS) is 1. The van der Waals surface area contributed by atoms with Crippen molar-refractivity contribution < 1.29 is 19.5 Å². The molecular weight excluding hydrogens is 430 g/mol. The van der Waals surface area contributed by atoms with Gasteiger partial charge in [0.1, 0.15) is 5.50 Å². The van der Waals surface area contributed by atoms with Crippen molar-refractivity contribution in [3.63, 3.8) is 0 Å². The Morgan fingerprint density at radius 3 is 2.91 bits per heavy atom. The Bertz CT molecular complexity index is 983. The second-order valence-electron chi connectivity index (χ2n) is 7.75. The predicted octanol–water partition coefficient (Wildman–Crippen LogP) is 1.80. The van der Waals surface area contributed by atoms with E-state index in [-0.39, 0.29) is 36.7 Å². The molecule has 32 heavy (non-hydrogen) atoms. The Labute approximate surface area is 190 Å². The number of carbonyl (C=O) groups excluding carboxylic acids is 2. The molecule has 0 bridgehead atoms. The number of nitrogens with one attached hydrogen (secondary N) is 3. The maximum absolute atomic E-state index is 12.9. The molecule has 0 radical (unpaired) electrons. The summed E-state index contributed by atoms with van der Waals surface area (Å²) in [7, 11) is 0. The second kappa shape index (κ2) is 10.0. The van der Waals surface area contributed by atoms with Gasteiger partial charge in [0.05, 0.1) is 18.4 Å². The number of hydrogen-bond acceptors (Lipinski definition) is 7. The van der Waals surface area contributed by atoms with Crippen molar-refractivity contribution in [1.82, 2.24) is 15.6 Å². The van der Waals surface area contributed by atoms with Gasteiger partial charge in [0.2, 0.25) is 11.8 Å². The lowest BCUT2D eigenvalue weighted by molar-refractivity contribution is -0.138. The molecule has 168 valence electrons. The molecule has 0 aliphatic carbocycles. The minimum Gasteiger partial charge on any atom is -0.481 e. The molecule has 0 spiro atoms. The first-order chi connectivity index (χ1) is 15.5. The third kappa shape index (κ3) is 5.38. The topological polar surface area (TPSA) is 124 Å². The van der Waals surface area contributed by atoms with Gasteiger partial charge >= 0.3 is 5.97 Å². The average Bonchev–Trinajstić information content (AvgIpc) is 3.43. The minimum atomic E-state index is -1.03. The molecule has 9 nitrogen and oxygen atoms in total. The van der Waals surface area contributed by atoms with E-state index >= 15 is 0 Å². The van der Waals surface area contributed by atoms with E-state index in [0.717, 1.165) is 23.7 Å². The first-order valence-corrected chi connectivity index (χ1v) is 11.5. The lowest BCUT2D eigenvalue weighted by atomic mass is 10.0. The molecule has 2 fully saturated rings. The highest BCUT2D eigenvalue weighted by molar-refractivity contribution is 8.00. The third-order valence-electron chi connectivity index (χ3n) is 5.45. The fourth-order valence-corrected chi connectivity index (χ4v) is 4.79. The highest BCUT2D eigenvalue weighted by atomic mass is 32.2. The van der Waals surface area contributed by atoms with Gasteiger partial charge < -0.3 is 20.6 Å². The van der Waals surface area contributed by atoms with E-state index < -0.39 is 17.9 Å². The summed E-state index contributed by atoms with van der Waals surface area (Å²) in [6.45, 7) is 1.20. The van der Waals surface area contributed by atoms with Gasteiger partial charge in [-0.1, -0.05) is 12.1 Å². The summed E-state index contributed by atoms with van der Waals surface area (Å²) in [6.07, 6.45) is 2.94. The number of thioether (sulfide) groups is 1. The quantitative estimate of drug-likeness (QED) is 0.475.